The zero-order valence-corrected chi connectivity index (χ0v) is 18.3. The molecule has 0 saturated heterocycles. The maximum absolute atomic E-state index is 12.8. The van der Waals surface area contributed by atoms with Crippen LogP contribution < -0.4 is 5.32 Å². The quantitative estimate of drug-likeness (QED) is 0.624. The zero-order valence-electron chi connectivity index (χ0n) is 16.8. The molecule has 1 heterocycles. The van der Waals surface area contributed by atoms with Gasteiger partial charge < -0.3 is 10.2 Å². The lowest BCUT2D eigenvalue weighted by molar-refractivity contribution is 0.0940. The molecule has 1 aliphatic carbocycles. The Labute approximate surface area is 170 Å². The van der Waals surface area contributed by atoms with Crippen LogP contribution in [0.4, 0.5) is 5.69 Å². The zero-order chi connectivity index (χ0) is 19.6. The van der Waals surface area contributed by atoms with E-state index in [2.05, 4.69) is 51.3 Å². The van der Waals surface area contributed by atoms with Gasteiger partial charge in [0.25, 0.3) is 0 Å². The maximum Gasteiger partial charge on any atom is 0.169 e. The molecular weight excluding hydrogens is 402 g/mol. The Bertz CT molecular complexity index is 811. The number of nitrogens with zero attached hydrogens (tertiary/aromatic N) is 2. The van der Waals surface area contributed by atoms with Crippen LogP contribution in [0.5, 0.6) is 0 Å². The molecule has 0 bridgehead atoms. The highest BCUT2D eigenvalue weighted by atomic mass is 79.9. The van der Waals surface area contributed by atoms with Gasteiger partial charge in [0.05, 0.1) is 16.8 Å². The minimum Gasteiger partial charge on any atom is -0.381 e. The molecule has 1 aromatic heterocycles. The molecule has 1 aliphatic rings. The second-order valence-corrected chi connectivity index (χ2v) is 9.27. The Morgan fingerprint density at radius 3 is 2.59 bits per heavy atom. The Morgan fingerprint density at radius 2 is 1.96 bits per heavy atom. The number of rotatable bonds is 6. The van der Waals surface area contributed by atoms with Crippen LogP contribution in [-0.2, 0) is 0 Å². The Kier molecular flexibility index (Phi) is 6.53. The number of benzene rings is 1. The number of anilines is 1. The van der Waals surface area contributed by atoms with Crippen LogP contribution in [0, 0.1) is 11.8 Å². The van der Waals surface area contributed by atoms with E-state index in [-0.39, 0.29) is 11.7 Å². The van der Waals surface area contributed by atoms with Crippen LogP contribution in [0.3, 0.4) is 0 Å². The van der Waals surface area contributed by atoms with E-state index in [1.807, 2.05) is 26.0 Å². The number of ketones is 1. The van der Waals surface area contributed by atoms with Crippen molar-refractivity contribution in [1.29, 1.82) is 0 Å². The van der Waals surface area contributed by atoms with E-state index in [9.17, 15) is 4.79 Å². The SMILES string of the molecule is CC(C)C(=O)c1cnc2ccc(Br)cc2c1N[C@H]1CC[C@H](CN(C)C)CC1. The molecule has 1 fully saturated rings. The monoisotopic (exact) mass is 431 g/mol. The number of carbonyl (C=O) groups excluding carboxylic acids is 1. The van der Waals surface area contributed by atoms with Crippen molar-refractivity contribution < 1.29 is 4.79 Å². The van der Waals surface area contributed by atoms with E-state index in [0.717, 1.165) is 46.4 Å². The molecule has 1 saturated carbocycles. The molecule has 3 rings (SSSR count). The topological polar surface area (TPSA) is 45.2 Å². The summed E-state index contributed by atoms with van der Waals surface area (Å²) < 4.78 is 1.00. The standard InChI is InChI=1S/C22H30BrN3O/c1-14(2)22(27)19-12-24-20-10-7-16(23)11-18(20)21(19)25-17-8-5-15(6-9-17)13-26(3)4/h7,10-12,14-15,17H,5-6,8-9,13H2,1-4H3,(H,24,25)/t15-,17-. The second-order valence-electron chi connectivity index (χ2n) is 8.35. The summed E-state index contributed by atoms with van der Waals surface area (Å²) in [7, 11) is 4.30. The molecule has 146 valence electrons. The molecule has 0 atom stereocenters. The number of aromatic nitrogens is 1. The van der Waals surface area contributed by atoms with Gasteiger partial charge in [0.2, 0.25) is 0 Å². The summed E-state index contributed by atoms with van der Waals surface area (Å²) >= 11 is 3.57. The first-order valence-corrected chi connectivity index (χ1v) is 10.7. The normalized spacial score (nSPS) is 20.4. The molecule has 5 heteroatoms. The highest BCUT2D eigenvalue weighted by Crippen LogP contribution is 2.33. The van der Waals surface area contributed by atoms with E-state index in [1.54, 1.807) is 6.20 Å². The first kappa shape index (κ1) is 20.3. The van der Waals surface area contributed by atoms with Gasteiger partial charge in [-0.15, -0.1) is 0 Å². The Hall–Kier alpha value is -1.46. The average molecular weight is 432 g/mol. The average Bonchev–Trinajstić information content (AvgIpc) is 2.62. The van der Waals surface area contributed by atoms with Crippen molar-refractivity contribution in [1.82, 2.24) is 9.88 Å². The van der Waals surface area contributed by atoms with Crippen LogP contribution >= 0.6 is 15.9 Å². The number of hydrogen-bond donors (Lipinski definition) is 1. The van der Waals surface area contributed by atoms with Gasteiger partial charge in [-0.25, -0.2) is 0 Å². The fourth-order valence-corrected chi connectivity index (χ4v) is 4.39. The lowest BCUT2D eigenvalue weighted by Gasteiger charge is -2.32. The third-order valence-electron chi connectivity index (χ3n) is 5.44. The minimum atomic E-state index is -0.0484. The second kappa shape index (κ2) is 8.70. The Morgan fingerprint density at radius 1 is 1.26 bits per heavy atom. The first-order chi connectivity index (χ1) is 12.8. The molecule has 1 N–H and O–H groups in total. The van der Waals surface area contributed by atoms with Gasteiger partial charge in [0, 0.05) is 34.6 Å². The van der Waals surface area contributed by atoms with Crippen LogP contribution in [0.1, 0.15) is 49.9 Å². The molecule has 0 aliphatic heterocycles. The van der Waals surface area contributed by atoms with Gasteiger partial charge in [0.15, 0.2) is 5.78 Å². The van der Waals surface area contributed by atoms with Gasteiger partial charge >= 0.3 is 0 Å². The predicted octanol–water partition coefficient (Wildman–Crippen LogP) is 5.37. The smallest absolute Gasteiger partial charge is 0.169 e. The molecule has 1 aromatic carbocycles. The number of nitrogens with one attached hydrogen (secondary N) is 1. The fraction of sp³-hybridized carbons (Fsp3) is 0.545. The van der Waals surface area contributed by atoms with Gasteiger partial charge in [0.1, 0.15) is 0 Å². The van der Waals surface area contributed by atoms with Crippen LogP contribution in [-0.4, -0.2) is 42.3 Å². The largest absolute Gasteiger partial charge is 0.381 e. The fourth-order valence-electron chi connectivity index (χ4n) is 4.03. The molecule has 0 spiro atoms. The van der Waals surface area contributed by atoms with Crippen molar-refractivity contribution in [3.63, 3.8) is 0 Å². The molecule has 4 nitrogen and oxygen atoms in total. The third kappa shape index (κ3) is 4.88. The van der Waals surface area contributed by atoms with E-state index < -0.39 is 0 Å². The number of Topliss-reactive ketones (excluding diaryl/α,β-unsaturated/α-hetero) is 1. The van der Waals surface area contributed by atoms with Crippen molar-refractivity contribution in [2.75, 3.05) is 26.0 Å². The molecule has 0 amide bonds. The summed E-state index contributed by atoms with van der Waals surface area (Å²) in [6.45, 7) is 5.06. The highest BCUT2D eigenvalue weighted by Gasteiger charge is 2.25. The number of halogens is 1. The third-order valence-corrected chi connectivity index (χ3v) is 5.93. The van der Waals surface area contributed by atoms with Gasteiger partial charge in [-0.05, 0) is 63.9 Å². The molecular formula is C22H30BrN3O. The summed E-state index contributed by atoms with van der Waals surface area (Å²) in [4.78, 5) is 19.6. The van der Waals surface area contributed by atoms with E-state index in [1.165, 1.54) is 12.8 Å². The number of carbonyl (C=O) groups is 1. The van der Waals surface area contributed by atoms with Gasteiger partial charge in [-0.1, -0.05) is 29.8 Å². The van der Waals surface area contributed by atoms with Gasteiger partial charge in [-0.2, -0.15) is 0 Å². The lowest BCUT2D eigenvalue weighted by Crippen LogP contribution is -2.31. The van der Waals surface area contributed by atoms with Crippen molar-refractivity contribution in [2.45, 2.75) is 45.6 Å². The summed E-state index contributed by atoms with van der Waals surface area (Å²) in [5, 5.41) is 4.75. The number of fused-ring (bicyclic) bond motifs is 1. The summed E-state index contributed by atoms with van der Waals surface area (Å²) in [6, 6.07) is 6.48. The van der Waals surface area contributed by atoms with Crippen molar-refractivity contribution in [3.8, 4) is 0 Å². The van der Waals surface area contributed by atoms with E-state index in [4.69, 9.17) is 0 Å². The van der Waals surface area contributed by atoms with E-state index >= 15 is 0 Å². The highest BCUT2D eigenvalue weighted by molar-refractivity contribution is 9.10. The summed E-state index contributed by atoms with van der Waals surface area (Å²) in [6.07, 6.45) is 6.50. The first-order valence-electron chi connectivity index (χ1n) is 9.89. The van der Waals surface area contributed by atoms with Crippen LogP contribution in [0.15, 0.2) is 28.9 Å². The van der Waals surface area contributed by atoms with Crippen LogP contribution in [0.25, 0.3) is 10.9 Å². The number of hydrogen-bond acceptors (Lipinski definition) is 4. The summed E-state index contributed by atoms with van der Waals surface area (Å²) in [5.41, 5.74) is 2.59. The molecule has 0 unspecified atom stereocenters. The summed E-state index contributed by atoms with van der Waals surface area (Å²) in [5.74, 6) is 0.874. The Balaban J connectivity index is 1.89. The van der Waals surface area contributed by atoms with Crippen molar-refractivity contribution in [2.24, 2.45) is 11.8 Å². The van der Waals surface area contributed by atoms with Crippen molar-refractivity contribution in [3.05, 3.63) is 34.4 Å². The molecule has 0 radical (unpaired) electrons. The lowest BCUT2D eigenvalue weighted by atomic mass is 9.85. The van der Waals surface area contributed by atoms with Crippen LogP contribution in [0.2, 0.25) is 0 Å². The minimum absolute atomic E-state index is 0.0484. The van der Waals surface area contributed by atoms with Gasteiger partial charge in [-0.3, -0.25) is 9.78 Å². The molecule has 2 aromatic rings. The predicted molar refractivity (Wildman–Crippen MR) is 117 cm³/mol. The maximum atomic E-state index is 12.8. The van der Waals surface area contributed by atoms with E-state index in [0.29, 0.717) is 11.6 Å². The van der Waals surface area contributed by atoms with Crippen molar-refractivity contribution >= 4 is 38.3 Å². The molecule has 27 heavy (non-hydrogen) atoms. The number of pyridine rings is 1.